The standard InChI is InChI=1S/C34H37N5O4/c1-33(42-21-27-15-9-4-10-16-27)31(41-20-26-13-7-3-8-14-26)29(22-40-19-25-11-5-2-6-12-25)43-34(33,23-35)30-18-17-28(39-30)32(37)38-24-36/h2-17,24,29-31,39H,18-22H2,1H3,(H3,36,37,38)/t29-,30?,31-,33-,34?/m1/s1. The van der Waals surface area contributed by atoms with Gasteiger partial charge in [-0.2, -0.15) is 5.26 Å². The molecule has 5 rings (SSSR count). The molecule has 43 heavy (non-hydrogen) atoms. The molecule has 2 aliphatic rings. The van der Waals surface area contributed by atoms with Gasteiger partial charge in [-0.15, -0.1) is 0 Å². The van der Waals surface area contributed by atoms with Crippen LogP contribution in [0.1, 0.15) is 30.0 Å². The number of nitrogens with two attached hydrogens (primary N) is 1. The number of amidine groups is 1. The van der Waals surface area contributed by atoms with Crippen molar-refractivity contribution in [3.8, 4) is 6.07 Å². The van der Waals surface area contributed by atoms with Gasteiger partial charge < -0.3 is 30.0 Å². The highest BCUT2D eigenvalue weighted by atomic mass is 16.6. The minimum atomic E-state index is -1.49. The molecule has 3 aromatic rings. The predicted molar refractivity (Wildman–Crippen MR) is 164 cm³/mol. The summed E-state index contributed by atoms with van der Waals surface area (Å²) in [6.07, 6.45) is 1.91. The second-order valence-corrected chi connectivity index (χ2v) is 10.8. The Kier molecular flexibility index (Phi) is 9.65. The zero-order valence-electron chi connectivity index (χ0n) is 24.2. The fourth-order valence-corrected chi connectivity index (χ4v) is 5.77. The zero-order chi connectivity index (χ0) is 30.1. The van der Waals surface area contributed by atoms with Gasteiger partial charge in [-0.1, -0.05) is 97.1 Å². The van der Waals surface area contributed by atoms with Gasteiger partial charge in [0.05, 0.1) is 38.2 Å². The lowest BCUT2D eigenvalue weighted by molar-refractivity contribution is -0.170. The SMILES string of the molecule is C[C@@]1(OCc2ccccc2)[C@H](OCc2ccccc2)[C@@H](COCc2ccccc2)OC1(C#N)C1CC=C(C(N)=NC=N)N1. The Morgan fingerprint density at radius 3 is 2.16 bits per heavy atom. The molecule has 222 valence electrons. The average molecular weight is 580 g/mol. The van der Waals surface area contributed by atoms with E-state index in [0.29, 0.717) is 25.3 Å². The third-order valence-electron chi connectivity index (χ3n) is 8.03. The Hall–Kier alpha value is -4.33. The molecular weight excluding hydrogens is 542 g/mol. The van der Waals surface area contributed by atoms with Gasteiger partial charge in [0.25, 0.3) is 0 Å². The molecule has 3 aromatic carbocycles. The zero-order valence-corrected chi connectivity index (χ0v) is 24.2. The first-order chi connectivity index (χ1) is 21.0. The van der Waals surface area contributed by atoms with Crippen molar-refractivity contribution in [2.75, 3.05) is 6.61 Å². The van der Waals surface area contributed by atoms with E-state index in [2.05, 4.69) is 16.4 Å². The molecule has 0 saturated carbocycles. The highest BCUT2D eigenvalue weighted by Crippen LogP contribution is 2.48. The van der Waals surface area contributed by atoms with Gasteiger partial charge in [0, 0.05) is 0 Å². The van der Waals surface area contributed by atoms with E-state index in [1.165, 1.54) is 0 Å². The van der Waals surface area contributed by atoms with Gasteiger partial charge in [-0.3, -0.25) is 5.41 Å². The van der Waals surface area contributed by atoms with E-state index < -0.39 is 29.5 Å². The Morgan fingerprint density at radius 2 is 1.58 bits per heavy atom. The number of nitrogens with zero attached hydrogens (tertiary/aromatic N) is 2. The number of ether oxygens (including phenoxy) is 4. The maximum absolute atomic E-state index is 11.0. The molecule has 2 heterocycles. The van der Waals surface area contributed by atoms with Crippen molar-refractivity contribution < 1.29 is 18.9 Å². The van der Waals surface area contributed by atoms with Gasteiger partial charge in [-0.25, -0.2) is 4.99 Å². The Bertz CT molecular complexity index is 1460. The summed E-state index contributed by atoms with van der Waals surface area (Å²) in [5.41, 5.74) is 6.89. The van der Waals surface area contributed by atoms with Gasteiger partial charge in [0.15, 0.2) is 0 Å². The van der Waals surface area contributed by atoms with Crippen molar-refractivity contribution in [3.05, 3.63) is 119 Å². The molecule has 2 aliphatic heterocycles. The second kappa shape index (κ2) is 13.8. The highest BCUT2D eigenvalue weighted by molar-refractivity contribution is 6.00. The minimum Gasteiger partial charge on any atom is -0.382 e. The molecule has 9 nitrogen and oxygen atoms in total. The summed E-state index contributed by atoms with van der Waals surface area (Å²) in [5.74, 6) is 0.162. The van der Waals surface area contributed by atoms with Crippen LogP contribution in [0, 0.1) is 16.7 Å². The lowest BCUT2D eigenvalue weighted by Crippen LogP contribution is -2.64. The first kappa shape index (κ1) is 30.1. The summed E-state index contributed by atoms with van der Waals surface area (Å²) in [7, 11) is 0. The molecule has 0 aromatic heterocycles. The molecular formula is C34H37N5O4. The lowest BCUT2D eigenvalue weighted by atomic mass is 9.76. The van der Waals surface area contributed by atoms with Gasteiger partial charge in [0.2, 0.25) is 5.60 Å². The number of benzene rings is 3. The molecule has 9 heteroatoms. The molecule has 2 unspecified atom stereocenters. The van der Waals surface area contributed by atoms with Crippen LogP contribution in [0.4, 0.5) is 0 Å². The predicted octanol–water partition coefficient (Wildman–Crippen LogP) is 4.64. The summed E-state index contributed by atoms with van der Waals surface area (Å²) in [4.78, 5) is 3.90. The average Bonchev–Trinajstić information content (AvgIpc) is 3.63. The molecule has 5 atom stereocenters. The van der Waals surface area contributed by atoms with Crippen molar-refractivity contribution >= 4 is 12.2 Å². The number of nitriles is 1. The van der Waals surface area contributed by atoms with E-state index in [1.807, 2.05) is 104 Å². The van der Waals surface area contributed by atoms with E-state index in [-0.39, 0.29) is 19.0 Å². The normalized spacial score (nSPS) is 26.8. The Balaban J connectivity index is 1.48. The van der Waals surface area contributed by atoms with Crippen LogP contribution in [-0.4, -0.2) is 48.2 Å². The minimum absolute atomic E-state index is 0.162. The van der Waals surface area contributed by atoms with E-state index >= 15 is 0 Å². The Labute approximate surface area is 252 Å². The van der Waals surface area contributed by atoms with Gasteiger partial charge in [-0.05, 0) is 30.0 Å². The van der Waals surface area contributed by atoms with Crippen LogP contribution in [0.25, 0.3) is 0 Å². The van der Waals surface area contributed by atoms with Crippen LogP contribution in [0.3, 0.4) is 0 Å². The van der Waals surface area contributed by atoms with E-state index in [1.54, 1.807) is 0 Å². The quantitative estimate of drug-likeness (QED) is 0.198. The summed E-state index contributed by atoms with van der Waals surface area (Å²) in [6.45, 7) is 3.01. The van der Waals surface area contributed by atoms with Crippen molar-refractivity contribution in [2.45, 2.75) is 62.6 Å². The summed E-state index contributed by atoms with van der Waals surface area (Å²) in [6, 6.07) is 31.6. The number of rotatable bonds is 13. The van der Waals surface area contributed by atoms with Gasteiger partial charge in [0.1, 0.15) is 36.1 Å². The van der Waals surface area contributed by atoms with Crippen LogP contribution in [0.2, 0.25) is 0 Å². The Morgan fingerprint density at radius 1 is 1.00 bits per heavy atom. The fourth-order valence-electron chi connectivity index (χ4n) is 5.77. The highest BCUT2D eigenvalue weighted by Gasteiger charge is 2.69. The molecule has 4 N–H and O–H groups in total. The fraction of sp³-hybridized carbons (Fsp3) is 0.324. The molecule has 0 amide bonds. The molecule has 0 radical (unpaired) electrons. The van der Waals surface area contributed by atoms with E-state index in [4.69, 9.17) is 30.1 Å². The van der Waals surface area contributed by atoms with Crippen LogP contribution >= 0.6 is 0 Å². The largest absolute Gasteiger partial charge is 0.382 e. The maximum atomic E-state index is 11.0. The van der Waals surface area contributed by atoms with Gasteiger partial charge >= 0.3 is 0 Å². The molecule has 0 spiro atoms. The molecule has 0 aliphatic carbocycles. The number of hydrogen-bond donors (Lipinski definition) is 3. The smallest absolute Gasteiger partial charge is 0.205 e. The van der Waals surface area contributed by atoms with E-state index in [9.17, 15) is 5.26 Å². The van der Waals surface area contributed by atoms with Crippen LogP contribution in [-0.2, 0) is 38.8 Å². The van der Waals surface area contributed by atoms with Crippen molar-refractivity contribution in [1.29, 1.82) is 10.7 Å². The monoisotopic (exact) mass is 579 g/mol. The number of aliphatic imine (C=N–C) groups is 1. The molecule has 1 saturated heterocycles. The summed E-state index contributed by atoms with van der Waals surface area (Å²) < 4.78 is 26.3. The van der Waals surface area contributed by atoms with Crippen molar-refractivity contribution in [3.63, 3.8) is 0 Å². The summed E-state index contributed by atoms with van der Waals surface area (Å²) >= 11 is 0. The van der Waals surface area contributed by atoms with Crippen molar-refractivity contribution in [2.24, 2.45) is 10.7 Å². The van der Waals surface area contributed by atoms with Crippen LogP contribution in [0.15, 0.2) is 108 Å². The lowest BCUT2D eigenvalue weighted by Gasteiger charge is -2.43. The third-order valence-corrected chi connectivity index (χ3v) is 8.03. The number of hydrogen-bond acceptors (Lipinski definition) is 7. The van der Waals surface area contributed by atoms with Crippen LogP contribution < -0.4 is 11.1 Å². The second-order valence-electron chi connectivity index (χ2n) is 10.8. The maximum Gasteiger partial charge on any atom is 0.205 e. The first-order valence-electron chi connectivity index (χ1n) is 14.3. The van der Waals surface area contributed by atoms with Crippen LogP contribution in [0.5, 0.6) is 0 Å². The third kappa shape index (κ3) is 6.53. The van der Waals surface area contributed by atoms with E-state index in [0.717, 1.165) is 23.0 Å². The first-order valence-corrected chi connectivity index (χ1v) is 14.3. The topological polar surface area (TPSA) is 135 Å². The molecule has 1 fully saturated rings. The molecule has 0 bridgehead atoms. The summed E-state index contributed by atoms with van der Waals surface area (Å²) in [5, 5.41) is 21.6. The number of nitrogens with one attached hydrogen (secondary N) is 2. The van der Waals surface area contributed by atoms with Crippen molar-refractivity contribution in [1.82, 2.24) is 5.32 Å².